The number of carbonyl (C=O) groups is 1. The number of amides is 1. The monoisotopic (exact) mass is 558 g/mol. The first-order valence-corrected chi connectivity index (χ1v) is 15.1. The fourth-order valence-electron chi connectivity index (χ4n) is 6.67. The normalized spacial score (nSPS) is 22.1. The number of methoxy groups -OCH3 is 1. The highest BCUT2D eigenvalue weighted by Crippen LogP contribution is 2.36. The quantitative estimate of drug-likeness (QED) is 0.224. The average Bonchev–Trinajstić information content (AvgIpc) is 3.20. The zero-order valence-electron chi connectivity index (χ0n) is 25.9. The molecule has 2 atom stereocenters. The average molecular weight is 559 g/mol. The smallest absolute Gasteiger partial charge is 0.410 e. The van der Waals surface area contributed by atoms with E-state index in [4.69, 9.17) is 14.5 Å². The third-order valence-corrected chi connectivity index (χ3v) is 8.47. The van der Waals surface area contributed by atoms with Gasteiger partial charge in [-0.3, -0.25) is 4.90 Å². The number of carbonyl (C=O) groups excluding carboxylic acids is 1. The largest absolute Gasteiger partial charge is 0.481 e. The minimum Gasteiger partial charge on any atom is -0.481 e. The standard InChI is InChI=1S/C34H46N4O3/c1-8-11-30(40-7)35-32(37-21-26-16-17-27(22-37)38(26)33(39)41-34(4,5)6)28-18-19-36(20-24(28)3)29-15-10-14-25-13-9-12-23(2)31(25)29/h9-15,26-27H,8,16-22H2,1-7H3/b30-11-,35-32+. The fraction of sp³-hybridized carbons (Fsp3) is 0.529. The Balaban J connectivity index is 1.45. The number of benzene rings is 2. The third kappa shape index (κ3) is 6.09. The van der Waals surface area contributed by atoms with E-state index in [1.807, 2.05) is 31.7 Å². The van der Waals surface area contributed by atoms with Gasteiger partial charge >= 0.3 is 6.09 Å². The summed E-state index contributed by atoms with van der Waals surface area (Å²) in [5.74, 6) is 1.65. The first-order chi connectivity index (χ1) is 19.6. The molecule has 220 valence electrons. The number of amidine groups is 1. The minimum absolute atomic E-state index is 0.120. The van der Waals surface area contributed by atoms with Crippen molar-refractivity contribution in [3.8, 4) is 0 Å². The highest BCUT2D eigenvalue weighted by Gasteiger charge is 2.45. The highest BCUT2D eigenvalue weighted by molar-refractivity contribution is 6.01. The molecular formula is C34H46N4O3. The number of nitrogens with zero attached hydrogens (tertiary/aromatic N) is 4. The summed E-state index contributed by atoms with van der Waals surface area (Å²) in [4.78, 5) is 25.2. The van der Waals surface area contributed by atoms with Crippen molar-refractivity contribution < 1.29 is 14.3 Å². The van der Waals surface area contributed by atoms with Gasteiger partial charge in [-0.1, -0.05) is 37.3 Å². The van der Waals surface area contributed by atoms with Crippen LogP contribution >= 0.6 is 0 Å². The summed E-state index contributed by atoms with van der Waals surface area (Å²) in [5.41, 5.74) is 4.72. The molecule has 0 radical (unpaired) electrons. The van der Waals surface area contributed by atoms with Crippen LogP contribution in [0, 0.1) is 6.92 Å². The van der Waals surface area contributed by atoms with Crippen molar-refractivity contribution in [1.29, 1.82) is 0 Å². The SMILES string of the molecule is CC/C=C(/N=C(\C1=C(C)CN(c2cccc3cccc(C)c23)CC1)N1CC2CCC(C1)N2C(=O)OC(C)(C)C)OC. The second-order valence-corrected chi connectivity index (χ2v) is 12.6. The number of fused-ring (bicyclic) bond motifs is 3. The molecule has 41 heavy (non-hydrogen) atoms. The zero-order chi connectivity index (χ0) is 29.3. The van der Waals surface area contributed by atoms with Crippen molar-refractivity contribution in [2.75, 3.05) is 38.2 Å². The van der Waals surface area contributed by atoms with Crippen LogP contribution in [0.15, 0.2) is 64.5 Å². The van der Waals surface area contributed by atoms with Gasteiger partial charge in [0.15, 0.2) is 0 Å². The highest BCUT2D eigenvalue weighted by atomic mass is 16.6. The first-order valence-electron chi connectivity index (χ1n) is 15.1. The maximum Gasteiger partial charge on any atom is 0.410 e. The number of aryl methyl sites for hydroxylation is 1. The van der Waals surface area contributed by atoms with Crippen LogP contribution in [0.3, 0.4) is 0 Å². The molecule has 5 rings (SSSR count). The van der Waals surface area contributed by atoms with Crippen molar-refractivity contribution in [1.82, 2.24) is 9.80 Å². The molecule has 0 saturated carbocycles. The molecule has 3 aliphatic rings. The van der Waals surface area contributed by atoms with E-state index in [1.165, 1.54) is 33.2 Å². The van der Waals surface area contributed by atoms with Gasteiger partial charge in [0.1, 0.15) is 11.4 Å². The van der Waals surface area contributed by atoms with Gasteiger partial charge in [0.05, 0.1) is 19.2 Å². The van der Waals surface area contributed by atoms with Crippen LogP contribution in [0.5, 0.6) is 0 Å². The number of likely N-dealkylation sites (tertiary alicyclic amines) is 1. The molecule has 7 nitrogen and oxygen atoms in total. The Morgan fingerprint density at radius 3 is 2.37 bits per heavy atom. The number of rotatable bonds is 5. The minimum atomic E-state index is -0.503. The topological polar surface area (TPSA) is 57.6 Å². The van der Waals surface area contributed by atoms with Crippen LogP contribution in [0.4, 0.5) is 10.5 Å². The number of aliphatic imine (C=N–C) groups is 1. The Labute approximate surface area is 245 Å². The van der Waals surface area contributed by atoms with Crippen molar-refractivity contribution in [3.05, 3.63) is 65.1 Å². The molecule has 2 unspecified atom stereocenters. The molecule has 0 spiro atoms. The lowest BCUT2D eigenvalue weighted by molar-refractivity contribution is 0.00277. The summed E-state index contributed by atoms with van der Waals surface area (Å²) in [7, 11) is 1.69. The molecule has 2 fully saturated rings. The van der Waals surface area contributed by atoms with Crippen LogP contribution in [0.2, 0.25) is 0 Å². The predicted molar refractivity (Wildman–Crippen MR) is 167 cm³/mol. The number of ether oxygens (including phenoxy) is 2. The third-order valence-electron chi connectivity index (χ3n) is 8.47. The van der Waals surface area contributed by atoms with Crippen LogP contribution in [-0.4, -0.2) is 72.7 Å². The van der Waals surface area contributed by atoms with E-state index in [1.54, 1.807) is 7.11 Å². The van der Waals surface area contributed by atoms with Gasteiger partial charge in [0.25, 0.3) is 0 Å². The molecule has 0 aromatic heterocycles. The Morgan fingerprint density at radius 1 is 1.07 bits per heavy atom. The number of hydrogen-bond acceptors (Lipinski definition) is 5. The van der Waals surface area contributed by atoms with Crippen molar-refractivity contribution in [2.24, 2.45) is 4.99 Å². The van der Waals surface area contributed by atoms with Gasteiger partial charge in [0, 0.05) is 37.3 Å². The molecule has 2 saturated heterocycles. The second-order valence-electron chi connectivity index (χ2n) is 12.6. The molecule has 2 aromatic rings. The maximum absolute atomic E-state index is 13.1. The summed E-state index contributed by atoms with van der Waals surface area (Å²) in [6, 6.07) is 13.4. The van der Waals surface area contributed by atoms with Crippen LogP contribution in [0.1, 0.15) is 65.9 Å². The van der Waals surface area contributed by atoms with E-state index in [2.05, 4.69) is 67.0 Å². The van der Waals surface area contributed by atoms with Crippen molar-refractivity contribution >= 4 is 28.4 Å². The Morgan fingerprint density at radius 2 is 1.76 bits per heavy atom. The summed E-state index contributed by atoms with van der Waals surface area (Å²) in [5, 5.41) is 2.62. The lowest BCUT2D eigenvalue weighted by Crippen LogP contribution is -2.58. The van der Waals surface area contributed by atoms with Crippen molar-refractivity contribution in [3.63, 3.8) is 0 Å². The van der Waals surface area contributed by atoms with Crippen molar-refractivity contribution in [2.45, 2.75) is 84.9 Å². The van der Waals surface area contributed by atoms with E-state index in [0.717, 1.165) is 57.7 Å². The van der Waals surface area contributed by atoms with Gasteiger partial charge in [-0.15, -0.1) is 0 Å². The van der Waals surface area contributed by atoms with E-state index in [9.17, 15) is 4.79 Å². The summed E-state index contributed by atoms with van der Waals surface area (Å²) in [6.45, 7) is 15.6. The molecule has 3 heterocycles. The zero-order valence-corrected chi connectivity index (χ0v) is 25.9. The second kappa shape index (κ2) is 11.8. The van der Waals surface area contributed by atoms with Gasteiger partial charge in [-0.2, -0.15) is 4.99 Å². The van der Waals surface area contributed by atoms with Gasteiger partial charge in [-0.25, -0.2) is 4.79 Å². The van der Waals surface area contributed by atoms with Crippen LogP contribution in [-0.2, 0) is 9.47 Å². The number of anilines is 1. The number of piperazine rings is 1. The van der Waals surface area contributed by atoms with E-state index in [0.29, 0.717) is 5.88 Å². The number of allylic oxidation sites excluding steroid dienone is 1. The summed E-state index contributed by atoms with van der Waals surface area (Å²) >= 11 is 0. The van der Waals surface area contributed by atoms with E-state index >= 15 is 0 Å². The molecular weight excluding hydrogens is 512 g/mol. The molecule has 3 aliphatic heterocycles. The molecule has 2 bridgehead atoms. The van der Waals surface area contributed by atoms with Gasteiger partial charge in [0.2, 0.25) is 5.88 Å². The fourth-order valence-corrected chi connectivity index (χ4v) is 6.67. The molecule has 0 N–H and O–H groups in total. The Kier molecular flexibility index (Phi) is 8.35. The number of hydrogen-bond donors (Lipinski definition) is 0. The first kappa shape index (κ1) is 29.0. The van der Waals surface area contributed by atoms with Crippen LogP contribution in [0.25, 0.3) is 10.8 Å². The Bertz CT molecular complexity index is 1370. The van der Waals surface area contributed by atoms with Crippen LogP contribution < -0.4 is 4.90 Å². The molecule has 7 heteroatoms. The molecule has 0 aliphatic carbocycles. The lowest BCUT2D eigenvalue weighted by atomic mass is 9.96. The van der Waals surface area contributed by atoms with Gasteiger partial charge in [-0.05, 0) is 94.5 Å². The molecule has 2 aromatic carbocycles. The summed E-state index contributed by atoms with van der Waals surface area (Å²) < 4.78 is 11.5. The Hall–Kier alpha value is -3.48. The van der Waals surface area contributed by atoms with E-state index in [-0.39, 0.29) is 18.2 Å². The predicted octanol–water partition coefficient (Wildman–Crippen LogP) is 7.05. The van der Waals surface area contributed by atoms with Gasteiger partial charge < -0.3 is 19.3 Å². The molecule has 1 amide bonds. The lowest BCUT2D eigenvalue weighted by Gasteiger charge is -2.43. The maximum atomic E-state index is 13.1. The van der Waals surface area contributed by atoms with E-state index < -0.39 is 5.60 Å². The summed E-state index contributed by atoms with van der Waals surface area (Å²) in [6.07, 6.45) is 5.57.